The van der Waals surface area contributed by atoms with Crippen LogP contribution in [0.4, 0.5) is 0 Å². The van der Waals surface area contributed by atoms with Gasteiger partial charge in [-0.05, 0) is 38.5 Å². The predicted molar refractivity (Wildman–Crippen MR) is 80.7 cm³/mol. The van der Waals surface area contributed by atoms with Gasteiger partial charge < -0.3 is 14.6 Å². The molecule has 2 rings (SSSR count). The summed E-state index contributed by atoms with van der Waals surface area (Å²) in [4.78, 5) is 0. The molecule has 5 nitrogen and oxygen atoms in total. The highest BCUT2D eigenvalue weighted by Crippen LogP contribution is 2.32. The molecule has 0 amide bonds. The molecular formula is C16H22N2O3. The van der Waals surface area contributed by atoms with Crippen LogP contribution in [0.2, 0.25) is 0 Å². The van der Waals surface area contributed by atoms with E-state index in [1.807, 2.05) is 45.2 Å². The average molecular weight is 290 g/mol. The summed E-state index contributed by atoms with van der Waals surface area (Å²) >= 11 is 0. The Kier molecular flexibility index (Phi) is 5.22. The Morgan fingerprint density at radius 1 is 1.10 bits per heavy atom. The predicted octanol–water partition coefficient (Wildman–Crippen LogP) is 2.78. The number of aliphatic hydroxyl groups excluding tert-OH is 1. The van der Waals surface area contributed by atoms with E-state index in [2.05, 4.69) is 5.10 Å². The fourth-order valence-electron chi connectivity index (χ4n) is 2.12. The smallest absolute Gasteiger partial charge is 0.161 e. The highest BCUT2D eigenvalue weighted by atomic mass is 16.5. The van der Waals surface area contributed by atoms with Crippen LogP contribution < -0.4 is 9.47 Å². The van der Waals surface area contributed by atoms with Gasteiger partial charge in [-0.1, -0.05) is 6.07 Å². The minimum absolute atomic E-state index is 0.549. The quantitative estimate of drug-likeness (QED) is 0.852. The molecule has 5 heteroatoms. The second kappa shape index (κ2) is 7.13. The van der Waals surface area contributed by atoms with Crippen molar-refractivity contribution in [3.8, 4) is 11.5 Å². The third-order valence-corrected chi connectivity index (χ3v) is 3.18. The van der Waals surface area contributed by atoms with Crippen LogP contribution in [0.25, 0.3) is 0 Å². The van der Waals surface area contributed by atoms with Crippen molar-refractivity contribution in [2.75, 3.05) is 13.2 Å². The zero-order valence-corrected chi connectivity index (χ0v) is 12.7. The van der Waals surface area contributed by atoms with Gasteiger partial charge in [-0.2, -0.15) is 5.10 Å². The van der Waals surface area contributed by atoms with E-state index in [0.29, 0.717) is 24.7 Å². The second-order valence-electron chi connectivity index (χ2n) is 4.60. The first-order valence-corrected chi connectivity index (χ1v) is 7.29. The Morgan fingerprint density at radius 2 is 1.81 bits per heavy atom. The average Bonchev–Trinajstić information content (AvgIpc) is 2.98. The van der Waals surface area contributed by atoms with E-state index in [1.54, 1.807) is 10.9 Å². The lowest BCUT2D eigenvalue weighted by Crippen LogP contribution is -2.03. The summed E-state index contributed by atoms with van der Waals surface area (Å²) in [5, 5.41) is 14.7. The first kappa shape index (κ1) is 15.4. The van der Waals surface area contributed by atoms with Gasteiger partial charge in [-0.3, -0.25) is 4.68 Å². The van der Waals surface area contributed by atoms with Crippen LogP contribution in [0.1, 0.15) is 38.0 Å². The maximum atomic E-state index is 10.5. The maximum absolute atomic E-state index is 10.5. The molecule has 0 bridgehead atoms. The zero-order chi connectivity index (χ0) is 15.2. The minimum Gasteiger partial charge on any atom is -0.490 e. The maximum Gasteiger partial charge on any atom is 0.161 e. The molecule has 1 N–H and O–H groups in total. The van der Waals surface area contributed by atoms with Crippen molar-refractivity contribution in [2.45, 2.75) is 33.4 Å². The number of aryl methyl sites for hydroxylation is 1. The number of hydrogen-bond acceptors (Lipinski definition) is 4. The van der Waals surface area contributed by atoms with E-state index < -0.39 is 6.10 Å². The van der Waals surface area contributed by atoms with Crippen LogP contribution in [-0.4, -0.2) is 28.1 Å². The molecule has 1 unspecified atom stereocenters. The molecule has 0 aliphatic heterocycles. The number of hydrogen-bond donors (Lipinski definition) is 1. The third kappa shape index (κ3) is 3.55. The third-order valence-electron chi connectivity index (χ3n) is 3.18. The van der Waals surface area contributed by atoms with E-state index in [4.69, 9.17) is 9.47 Å². The van der Waals surface area contributed by atoms with Crippen molar-refractivity contribution in [2.24, 2.45) is 0 Å². The highest BCUT2D eigenvalue weighted by molar-refractivity contribution is 5.45. The van der Waals surface area contributed by atoms with Crippen LogP contribution in [0, 0.1) is 0 Å². The fourth-order valence-corrected chi connectivity index (χ4v) is 2.12. The number of rotatable bonds is 7. The summed E-state index contributed by atoms with van der Waals surface area (Å²) in [6.45, 7) is 7.76. The summed E-state index contributed by atoms with van der Waals surface area (Å²) in [7, 11) is 0. The van der Waals surface area contributed by atoms with Crippen LogP contribution in [0.15, 0.2) is 30.6 Å². The normalized spacial score (nSPS) is 12.2. The molecule has 0 saturated heterocycles. The number of benzene rings is 1. The molecule has 1 aromatic carbocycles. The minimum atomic E-state index is -0.722. The highest BCUT2D eigenvalue weighted by Gasteiger charge is 2.15. The van der Waals surface area contributed by atoms with Crippen molar-refractivity contribution in [3.63, 3.8) is 0 Å². The molecule has 0 aliphatic carbocycles. The fraction of sp³-hybridized carbons (Fsp3) is 0.438. The van der Waals surface area contributed by atoms with Gasteiger partial charge in [0, 0.05) is 18.3 Å². The Balaban J connectivity index is 2.27. The lowest BCUT2D eigenvalue weighted by Gasteiger charge is -2.15. The van der Waals surface area contributed by atoms with Gasteiger partial charge in [0.2, 0.25) is 0 Å². The van der Waals surface area contributed by atoms with Gasteiger partial charge in [0.05, 0.1) is 19.4 Å². The molecule has 1 atom stereocenters. The molecule has 0 radical (unpaired) electrons. The lowest BCUT2D eigenvalue weighted by molar-refractivity contribution is 0.218. The van der Waals surface area contributed by atoms with Gasteiger partial charge in [0.1, 0.15) is 6.10 Å². The molecule has 114 valence electrons. The first-order chi connectivity index (χ1) is 10.2. The summed E-state index contributed by atoms with van der Waals surface area (Å²) in [6, 6.07) is 5.50. The van der Waals surface area contributed by atoms with E-state index in [9.17, 15) is 5.11 Å². The second-order valence-corrected chi connectivity index (χ2v) is 4.60. The SMILES string of the molecule is CCOc1ccc(C(O)c2cnn(CC)c2)cc1OCC. The van der Waals surface area contributed by atoms with Crippen molar-refractivity contribution < 1.29 is 14.6 Å². The monoisotopic (exact) mass is 290 g/mol. The Labute approximate surface area is 125 Å². The molecule has 0 aliphatic rings. The molecule has 2 aromatic rings. The Bertz CT molecular complexity index is 581. The Morgan fingerprint density at radius 3 is 2.43 bits per heavy atom. The summed E-state index contributed by atoms with van der Waals surface area (Å²) in [5.41, 5.74) is 1.53. The van der Waals surface area contributed by atoms with E-state index in [-0.39, 0.29) is 0 Å². The number of nitrogens with zero attached hydrogens (tertiary/aromatic N) is 2. The Hall–Kier alpha value is -2.01. The largest absolute Gasteiger partial charge is 0.490 e. The summed E-state index contributed by atoms with van der Waals surface area (Å²) in [6.07, 6.45) is 2.81. The van der Waals surface area contributed by atoms with Gasteiger partial charge in [-0.25, -0.2) is 0 Å². The molecule has 0 saturated carbocycles. The van der Waals surface area contributed by atoms with Gasteiger partial charge in [-0.15, -0.1) is 0 Å². The van der Waals surface area contributed by atoms with Crippen molar-refractivity contribution in [3.05, 3.63) is 41.7 Å². The van der Waals surface area contributed by atoms with Crippen molar-refractivity contribution in [1.82, 2.24) is 9.78 Å². The lowest BCUT2D eigenvalue weighted by atomic mass is 10.0. The number of aromatic nitrogens is 2. The van der Waals surface area contributed by atoms with Crippen LogP contribution in [0.3, 0.4) is 0 Å². The molecule has 0 spiro atoms. The summed E-state index contributed by atoms with van der Waals surface area (Å²) < 4.78 is 12.9. The van der Waals surface area contributed by atoms with E-state index in [0.717, 1.165) is 17.7 Å². The number of ether oxygens (including phenoxy) is 2. The van der Waals surface area contributed by atoms with Gasteiger partial charge >= 0.3 is 0 Å². The topological polar surface area (TPSA) is 56.5 Å². The van der Waals surface area contributed by atoms with Crippen LogP contribution >= 0.6 is 0 Å². The van der Waals surface area contributed by atoms with Gasteiger partial charge in [0.15, 0.2) is 11.5 Å². The molecule has 1 aromatic heterocycles. The van der Waals surface area contributed by atoms with Crippen molar-refractivity contribution in [1.29, 1.82) is 0 Å². The first-order valence-electron chi connectivity index (χ1n) is 7.29. The van der Waals surface area contributed by atoms with E-state index >= 15 is 0 Å². The number of aliphatic hydroxyl groups is 1. The van der Waals surface area contributed by atoms with E-state index in [1.165, 1.54) is 0 Å². The van der Waals surface area contributed by atoms with Crippen molar-refractivity contribution >= 4 is 0 Å². The molecule has 21 heavy (non-hydrogen) atoms. The zero-order valence-electron chi connectivity index (χ0n) is 12.7. The van der Waals surface area contributed by atoms with Crippen LogP contribution in [0.5, 0.6) is 11.5 Å². The standard InChI is InChI=1S/C16H22N2O3/c1-4-18-11-13(10-17-18)16(19)12-7-8-14(20-5-2)15(9-12)21-6-3/h7-11,16,19H,4-6H2,1-3H3. The molecular weight excluding hydrogens is 268 g/mol. The van der Waals surface area contributed by atoms with Gasteiger partial charge in [0.25, 0.3) is 0 Å². The molecule has 0 fully saturated rings. The summed E-state index contributed by atoms with van der Waals surface area (Å²) in [5.74, 6) is 1.35. The molecule has 1 heterocycles. The van der Waals surface area contributed by atoms with Crippen LogP contribution in [-0.2, 0) is 6.54 Å².